The molecule has 0 bridgehead atoms. The minimum atomic E-state index is -0.880. The van der Waals surface area contributed by atoms with Crippen LogP contribution in [0.15, 0.2) is 18.3 Å². The van der Waals surface area contributed by atoms with Crippen LogP contribution in [0.3, 0.4) is 0 Å². The van der Waals surface area contributed by atoms with E-state index in [0.717, 1.165) is 11.3 Å². The molecule has 2 heterocycles. The van der Waals surface area contributed by atoms with Crippen molar-refractivity contribution in [3.05, 3.63) is 29.7 Å². The smallest absolute Gasteiger partial charge is 0.309 e. The Morgan fingerprint density at radius 2 is 2.36 bits per heavy atom. The third-order valence-corrected chi connectivity index (χ3v) is 1.92. The molecule has 1 N–H and O–H groups in total. The molecule has 72 valence electrons. The summed E-state index contributed by atoms with van der Waals surface area (Å²) in [6, 6.07) is 3.44. The number of fused-ring (bicyclic) bond motifs is 1. The van der Waals surface area contributed by atoms with Crippen molar-refractivity contribution >= 4 is 11.6 Å². The highest BCUT2D eigenvalue weighted by atomic mass is 16.4. The summed E-state index contributed by atoms with van der Waals surface area (Å²) in [4.78, 5) is 14.6. The second-order valence-electron chi connectivity index (χ2n) is 3.06. The fourth-order valence-electron chi connectivity index (χ4n) is 1.28. The SMILES string of the molecule is Cc1cnc2ccc(CC(=O)O)nn12. The fraction of sp³-hybridized carbons (Fsp3) is 0.222. The van der Waals surface area contributed by atoms with Crippen molar-refractivity contribution in [2.75, 3.05) is 0 Å². The summed E-state index contributed by atoms with van der Waals surface area (Å²) >= 11 is 0. The van der Waals surface area contributed by atoms with Gasteiger partial charge in [0.15, 0.2) is 5.65 Å². The molecule has 5 nitrogen and oxygen atoms in total. The lowest BCUT2D eigenvalue weighted by Gasteiger charge is -1.98. The predicted octanol–water partition coefficient (Wildman–Crippen LogP) is 0.665. The maximum atomic E-state index is 10.5. The Hall–Kier alpha value is -1.91. The number of carboxylic acid groups (broad SMARTS) is 1. The van der Waals surface area contributed by atoms with Crippen LogP contribution < -0.4 is 0 Å². The lowest BCUT2D eigenvalue weighted by atomic mass is 10.3. The third kappa shape index (κ3) is 1.44. The number of nitrogens with zero attached hydrogens (tertiary/aromatic N) is 3. The van der Waals surface area contributed by atoms with E-state index in [1.807, 2.05) is 6.92 Å². The van der Waals surface area contributed by atoms with Crippen LogP contribution in [0, 0.1) is 6.92 Å². The van der Waals surface area contributed by atoms with Crippen LogP contribution in [-0.2, 0) is 11.2 Å². The summed E-state index contributed by atoms with van der Waals surface area (Å²) in [5.74, 6) is -0.880. The molecule has 2 rings (SSSR count). The van der Waals surface area contributed by atoms with Crippen molar-refractivity contribution in [1.82, 2.24) is 14.6 Å². The Labute approximate surface area is 80.0 Å². The summed E-state index contributed by atoms with van der Waals surface area (Å²) in [6.45, 7) is 1.87. The van der Waals surface area contributed by atoms with Gasteiger partial charge < -0.3 is 5.11 Å². The second-order valence-corrected chi connectivity index (χ2v) is 3.06. The van der Waals surface area contributed by atoms with Crippen molar-refractivity contribution in [2.45, 2.75) is 13.3 Å². The van der Waals surface area contributed by atoms with Gasteiger partial charge in [0.1, 0.15) is 0 Å². The van der Waals surface area contributed by atoms with E-state index in [1.54, 1.807) is 22.8 Å². The van der Waals surface area contributed by atoms with Gasteiger partial charge in [0, 0.05) is 0 Å². The van der Waals surface area contributed by atoms with E-state index in [-0.39, 0.29) is 6.42 Å². The molecule has 0 aliphatic rings. The summed E-state index contributed by atoms with van der Waals surface area (Å²) < 4.78 is 1.64. The summed E-state index contributed by atoms with van der Waals surface area (Å²) in [5, 5.41) is 12.7. The van der Waals surface area contributed by atoms with Gasteiger partial charge in [-0.2, -0.15) is 5.10 Å². The zero-order valence-corrected chi connectivity index (χ0v) is 7.64. The number of aryl methyl sites for hydroxylation is 1. The van der Waals surface area contributed by atoms with E-state index in [4.69, 9.17) is 5.11 Å². The molecular formula is C9H9N3O2. The highest BCUT2D eigenvalue weighted by Crippen LogP contribution is 2.05. The normalized spacial score (nSPS) is 10.6. The molecule has 0 amide bonds. The van der Waals surface area contributed by atoms with Crippen molar-refractivity contribution in [2.24, 2.45) is 0 Å². The van der Waals surface area contributed by atoms with Crippen molar-refractivity contribution in [3.8, 4) is 0 Å². The van der Waals surface area contributed by atoms with E-state index >= 15 is 0 Å². The van der Waals surface area contributed by atoms with E-state index in [0.29, 0.717) is 5.69 Å². The average molecular weight is 191 g/mol. The number of aromatic nitrogens is 3. The van der Waals surface area contributed by atoms with Crippen LogP contribution in [0.25, 0.3) is 5.65 Å². The molecule has 0 aromatic carbocycles. The number of carboxylic acids is 1. The zero-order chi connectivity index (χ0) is 10.1. The Bertz CT molecular complexity index is 490. The molecule has 0 aliphatic heterocycles. The zero-order valence-electron chi connectivity index (χ0n) is 7.64. The van der Waals surface area contributed by atoms with Crippen LogP contribution in [0.1, 0.15) is 11.4 Å². The van der Waals surface area contributed by atoms with E-state index in [2.05, 4.69) is 10.1 Å². The molecule has 5 heteroatoms. The minimum Gasteiger partial charge on any atom is -0.481 e. The number of rotatable bonds is 2. The molecule has 0 fully saturated rings. The molecule has 14 heavy (non-hydrogen) atoms. The summed E-state index contributed by atoms with van der Waals surface area (Å²) in [6.07, 6.45) is 1.64. The summed E-state index contributed by atoms with van der Waals surface area (Å²) in [7, 11) is 0. The molecule has 0 aliphatic carbocycles. The van der Waals surface area contributed by atoms with Crippen LogP contribution in [0.2, 0.25) is 0 Å². The quantitative estimate of drug-likeness (QED) is 0.757. The first-order valence-electron chi connectivity index (χ1n) is 4.19. The third-order valence-electron chi connectivity index (χ3n) is 1.92. The number of imidazole rings is 1. The van der Waals surface area contributed by atoms with Gasteiger partial charge in [-0.15, -0.1) is 0 Å². The molecule has 0 radical (unpaired) electrons. The lowest BCUT2D eigenvalue weighted by molar-refractivity contribution is -0.136. The number of carbonyl (C=O) groups is 1. The number of aliphatic carboxylic acids is 1. The van der Waals surface area contributed by atoms with Gasteiger partial charge in [-0.05, 0) is 19.1 Å². The second kappa shape index (κ2) is 3.10. The van der Waals surface area contributed by atoms with Gasteiger partial charge in [-0.25, -0.2) is 9.50 Å². The molecule has 2 aromatic rings. The highest BCUT2D eigenvalue weighted by molar-refractivity contribution is 5.69. The predicted molar refractivity (Wildman–Crippen MR) is 49.1 cm³/mol. The standard InChI is InChI=1S/C9H9N3O2/c1-6-5-10-8-3-2-7(4-9(13)14)11-12(6)8/h2-3,5H,4H2,1H3,(H,13,14). The molecule has 0 saturated carbocycles. The van der Waals surface area contributed by atoms with Crippen LogP contribution >= 0.6 is 0 Å². The van der Waals surface area contributed by atoms with Gasteiger partial charge in [0.2, 0.25) is 0 Å². The van der Waals surface area contributed by atoms with E-state index < -0.39 is 5.97 Å². The Kier molecular flexibility index (Phi) is 1.92. The number of hydrogen-bond acceptors (Lipinski definition) is 3. The van der Waals surface area contributed by atoms with Crippen molar-refractivity contribution in [1.29, 1.82) is 0 Å². The topological polar surface area (TPSA) is 67.5 Å². The fourth-order valence-corrected chi connectivity index (χ4v) is 1.28. The molecular weight excluding hydrogens is 182 g/mol. The monoisotopic (exact) mass is 191 g/mol. The van der Waals surface area contributed by atoms with Gasteiger partial charge in [0.05, 0.1) is 24.0 Å². The highest BCUT2D eigenvalue weighted by Gasteiger charge is 2.05. The molecule has 0 unspecified atom stereocenters. The Morgan fingerprint density at radius 3 is 3.07 bits per heavy atom. The largest absolute Gasteiger partial charge is 0.481 e. The van der Waals surface area contributed by atoms with Crippen LogP contribution in [0.5, 0.6) is 0 Å². The lowest BCUT2D eigenvalue weighted by Crippen LogP contribution is -2.05. The Balaban J connectivity index is 2.49. The van der Waals surface area contributed by atoms with Gasteiger partial charge in [-0.1, -0.05) is 0 Å². The first-order chi connectivity index (χ1) is 6.66. The molecule has 2 aromatic heterocycles. The van der Waals surface area contributed by atoms with Crippen LogP contribution in [0.4, 0.5) is 0 Å². The maximum absolute atomic E-state index is 10.5. The van der Waals surface area contributed by atoms with E-state index in [1.165, 1.54) is 0 Å². The first-order valence-corrected chi connectivity index (χ1v) is 4.19. The van der Waals surface area contributed by atoms with Gasteiger partial charge in [0.25, 0.3) is 0 Å². The van der Waals surface area contributed by atoms with Crippen molar-refractivity contribution in [3.63, 3.8) is 0 Å². The molecule has 0 spiro atoms. The summed E-state index contributed by atoms with van der Waals surface area (Å²) in [5.41, 5.74) is 2.16. The first kappa shape index (κ1) is 8.68. The average Bonchev–Trinajstić information content (AvgIpc) is 2.47. The molecule has 0 atom stereocenters. The number of hydrogen-bond donors (Lipinski definition) is 1. The van der Waals surface area contributed by atoms with Crippen LogP contribution in [-0.4, -0.2) is 25.7 Å². The molecule has 0 saturated heterocycles. The minimum absolute atomic E-state index is 0.0619. The maximum Gasteiger partial charge on any atom is 0.309 e. The van der Waals surface area contributed by atoms with Gasteiger partial charge >= 0.3 is 5.97 Å². The Morgan fingerprint density at radius 1 is 1.57 bits per heavy atom. The van der Waals surface area contributed by atoms with Gasteiger partial charge in [-0.3, -0.25) is 4.79 Å². The van der Waals surface area contributed by atoms with E-state index in [9.17, 15) is 4.79 Å². The van der Waals surface area contributed by atoms with Crippen molar-refractivity contribution < 1.29 is 9.90 Å².